The molecule has 1 aromatic heterocycles. The van der Waals surface area contributed by atoms with E-state index in [2.05, 4.69) is 22.1 Å². The summed E-state index contributed by atoms with van der Waals surface area (Å²) < 4.78 is 18.9. The Morgan fingerprint density at radius 1 is 1.23 bits per heavy atom. The molecular formula is C20H17FN2O3. The van der Waals surface area contributed by atoms with Crippen molar-refractivity contribution < 1.29 is 19.0 Å². The zero-order valence-electron chi connectivity index (χ0n) is 13.9. The van der Waals surface area contributed by atoms with Crippen molar-refractivity contribution >= 4 is 6.09 Å². The molecule has 1 saturated heterocycles. The van der Waals surface area contributed by atoms with E-state index in [0.29, 0.717) is 18.4 Å². The van der Waals surface area contributed by atoms with Gasteiger partial charge in [-0.2, -0.15) is 0 Å². The van der Waals surface area contributed by atoms with E-state index < -0.39 is 18.2 Å². The standard InChI is InChI=1S/C20H17FN2O3/c21-16-3-1-2-14(9-16)19-18(23-20(25)26-19)15-6-13(10-22-11-15)5-4-12-7-17(24)8-12/h1-3,6,9-12,17-19,24H,7-8H2,(H,23,25)/t12-,17+,18-,19-/m1/s1. The predicted molar refractivity (Wildman–Crippen MR) is 91.3 cm³/mol. The van der Waals surface area contributed by atoms with E-state index in [-0.39, 0.29) is 17.8 Å². The Balaban J connectivity index is 1.59. The molecule has 1 aliphatic carbocycles. The van der Waals surface area contributed by atoms with E-state index in [4.69, 9.17) is 4.74 Å². The molecule has 2 aliphatic rings. The van der Waals surface area contributed by atoms with Crippen LogP contribution in [-0.2, 0) is 4.74 Å². The topological polar surface area (TPSA) is 71.5 Å². The fraction of sp³-hybridized carbons (Fsp3) is 0.300. The molecule has 4 rings (SSSR count). The highest BCUT2D eigenvalue weighted by Gasteiger charge is 2.36. The van der Waals surface area contributed by atoms with Crippen LogP contribution in [0.3, 0.4) is 0 Å². The highest BCUT2D eigenvalue weighted by atomic mass is 19.1. The number of aromatic nitrogens is 1. The van der Waals surface area contributed by atoms with E-state index in [1.165, 1.54) is 12.1 Å². The highest BCUT2D eigenvalue weighted by Crippen LogP contribution is 2.36. The van der Waals surface area contributed by atoms with Gasteiger partial charge in [-0.05, 0) is 42.2 Å². The Kier molecular flexibility index (Phi) is 4.31. The van der Waals surface area contributed by atoms with Crippen molar-refractivity contribution in [3.8, 4) is 11.8 Å². The van der Waals surface area contributed by atoms with E-state index in [9.17, 15) is 14.3 Å². The Hall–Kier alpha value is -2.91. The molecule has 132 valence electrons. The number of carbonyl (C=O) groups excluding carboxylic acids is 1. The first-order valence-electron chi connectivity index (χ1n) is 8.45. The third-order valence-electron chi connectivity index (χ3n) is 4.64. The number of amides is 1. The smallest absolute Gasteiger partial charge is 0.408 e. The summed E-state index contributed by atoms with van der Waals surface area (Å²) in [6.07, 6.45) is 3.28. The van der Waals surface area contributed by atoms with Gasteiger partial charge in [-0.15, -0.1) is 0 Å². The van der Waals surface area contributed by atoms with E-state index in [0.717, 1.165) is 11.1 Å². The molecular weight excluding hydrogens is 335 g/mol. The van der Waals surface area contributed by atoms with Gasteiger partial charge in [0, 0.05) is 23.9 Å². The number of hydrogen-bond acceptors (Lipinski definition) is 4. The number of cyclic esters (lactones) is 1. The number of halogens is 1. The molecule has 0 unspecified atom stereocenters. The molecule has 2 fully saturated rings. The second-order valence-electron chi connectivity index (χ2n) is 6.60. The summed E-state index contributed by atoms with van der Waals surface area (Å²) in [6, 6.07) is 7.39. The molecule has 5 nitrogen and oxygen atoms in total. The molecule has 1 aromatic carbocycles. The summed E-state index contributed by atoms with van der Waals surface area (Å²) in [6.45, 7) is 0. The van der Waals surface area contributed by atoms with Crippen molar-refractivity contribution in [1.82, 2.24) is 10.3 Å². The van der Waals surface area contributed by atoms with Gasteiger partial charge in [-0.25, -0.2) is 9.18 Å². The van der Waals surface area contributed by atoms with Crippen molar-refractivity contribution in [2.75, 3.05) is 0 Å². The van der Waals surface area contributed by atoms with Crippen molar-refractivity contribution in [1.29, 1.82) is 0 Å². The molecule has 6 heteroatoms. The Labute approximate surface area is 150 Å². The maximum atomic E-state index is 13.5. The molecule has 2 N–H and O–H groups in total. The van der Waals surface area contributed by atoms with Crippen LogP contribution in [0.4, 0.5) is 9.18 Å². The van der Waals surface area contributed by atoms with Crippen LogP contribution in [0, 0.1) is 23.6 Å². The maximum Gasteiger partial charge on any atom is 0.408 e. The zero-order valence-corrected chi connectivity index (χ0v) is 13.9. The highest BCUT2D eigenvalue weighted by molar-refractivity contribution is 5.71. The first-order chi connectivity index (χ1) is 12.6. The average molecular weight is 352 g/mol. The number of benzene rings is 1. The fourth-order valence-electron chi connectivity index (χ4n) is 3.21. The maximum absolute atomic E-state index is 13.5. The zero-order chi connectivity index (χ0) is 18.1. The number of rotatable bonds is 2. The number of ether oxygens (including phenoxy) is 1. The average Bonchev–Trinajstić information content (AvgIpc) is 3.00. The van der Waals surface area contributed by atoms with Crippen molar-refractivity contribution in [3.05, 3.63) is 65.2 Å². The number of pyridine rings is 1. The molecule has 2 aromatic rings. The first kappa shape index (κ1) is 16.6. The number of nitrogens with zero attached hydrogens (tertiary/aromatic N) is 1. The van der Waals surface area contributed by atoms with Gasteiger partial charge >= 0.3 is 6.09 Å². The Bertz CT molecular complexity index is 899. The minimum Gasteiger partial charge on any atom is -0.439 e. The largest absolute Gasteiger partial charge is 0.439 e. The van der Waals surface area contributed by atoms with Crippen LogP contribution in [0.5, 0.6) is 0 Å². The van der Waals surface area contributed by atoms with Crippen LogP contribution in [0.2, 0.25) is 0 Å². The number of aliphatic hydroxyl groups is 1. The van der Waals surface area contributed by atoms with Gasteiger partial charge in [0.15, 0.2) is 6.10 Å². The van der Waals surface area contributed by atoms with E-state index >= 15 is 0 Å². The van der Waals surface area contributed by atoms with Gasteiger partial charge in [-0.1, -0.05) is 24.0 Å². The van der Waals surface area contributed by atoms with Gasteiger partial charge in [0.25, 0.3) is 0 Å². The van der Waals surface area contributed by atoms with Crippen molar-refractivity contribution in [2.24, 2.45) is 5.92 Å². The Morgan fingerprint density at radius 2 is 2.08 bits per heavy atom. The lowest BCUT2D eigenvalue weighted by atomic mass is 9.83. The van der Waals surface area contributed by atoms with Gasteiger partial charge < -0.3 is 15.2 Å². The second kappa shape index (κ2) is 6.77. The van der Waals surface area contributed by atoms with Crippen LogP contribution < -0.4 is 5.32 Å². The van der Waals surface area contributed by atoms with Crippen molar-refractivity contribution in [3.63, 3.8) is 0 Å². The van der Waals surface area contributed by atoms with Crippen molar-refractivity contribution in [2.45, 2.75) is 31.1 Å². The molecule has 1 amide bonds. The lowest BCUT2D eigenvalue weighted by molar-refractivity contribution is 0.0665. The summed E-state index contributed by atoms with van der Waals surface area (Å²) in [4.78, 5) is 16.0. The summed E-state index contributed by atoms with van der Waals surface area (Å²) >= 11 is 0. The number of hydrogen-bond donors (Lipinski definition) is 2. The lowest BCUT2D eigenvalue weighted by Crippen LogP contribution is -2.26. The number of aliphatic hydroxyl groups excluding tert-OH is 1. The summed E-state index contributed by atoms with van der Waals surface area (Å²) in [5.41, 5.74) is 2.04. The van der Waals surface area contributed by atoms with Gasteiger partial charge in [0.1, 0.15) is 11.9 Å². The first-order valence-corrected chi connectivity index (χ1v) is 8.45. The van der Waals surface area contributed by atoms with Gasteiger partial charge in [-0.3, -0.25) is 4.98 Å². The minimum atomic E-state index is -0.634. The van der Waals surface area contributed by atoms with Crippen LogP contribution in [0.15, 0.2) is 42.7 Å². The third kappa shape index (κ3) is 3.39. The van der Waals surface area contributed by atoms with Crippen LogP contribution >= 0.6 is 0 Å². The van der Waals surface area contributed by atoms with Gasteiger partial charge in [0.2, 0.25) is 0 Å². The van der Waals surface area contributed by atoms with E-state index in [1.54, 1.807) is 24.5 Å². The molecule has 2 heterocycles. The monoisotopic (exact) mass is 352 g/mol. The van der Waals surface area contributed by atoms with E-state index in [1.807, 2.05) is 6.07 Å². The predicted octanol–water partition coefficient (Wildman–Crippen LogP) is 2.87. The normalized spacial score (nSPS) is 26.9. The molecule has 1 aliphatic heterocycles. The molecule has 1 saturated carbocycles. The third-order valence-corrected chi connectivity index (χ3v) is 4.64. The van der Waals surface area contributed by atoms with Crippen LogP contribution in [0.25, 0.3) is 0 Å². The van der Waals surface area contributed by atoms with Crippen LogP contribution in [-0.4, -0.2) is 22.3 Å². The lowest BCUT2D eigenvalue weighted by Gasteiger charge is -2.26. The quantitative estimate of drug-likeness (QED) is 0.816. The number of alkyl carbamates (subject to hydrolysis) is 1. The molecule has 26 heavy (non-hydrogen) atoms. The number of nitrogens with one attached hydrogen (secondary N) is 1. The summed E-state index contributed by atoms with van der Waals surface area (Å²) in [5.74, 6) is 6.02. The van der Waals surface area contributed by atoms with Crippen LogP contribution in [0.1, 0.15) is 41.7 Å². The SMILES string of the molecule is O=C1N[C@H](c2cncc(C#C[C@H]3C[C@@H](O)C3)c2)[C@@H](c2cccc(F)c2)O1. The summed E-state index contributed by atoms with van der Waals surface area (Å²) in [7, 11) is 0. The molecule has 0 spiro atoms. The summed E-state index contributed by atoms with van der Waals surface area (Å²) in [5, 5.41) is 12.1. The Morgan fingerprint density at radius 3 is 2.85 bits per heavy atom. The second-order valence-corrected chi connectivity index (χ2v) is 6.60. The molecule has 0 bridgehead atoms. The molecule has 2 atom stereocenters. The van der Waals surface area contributed by atoms with Gasteiger partial charge in [0.05, 0.1) is 6.10 Å². The fourth-order valence-corrected chi connectivity index (χ4v) is 3.21. The number of carbonyl (C=O) groups is 1. The minimum absolute atomic E-state index is 0.211. The molecule has 0 radical (unpaired) electrons.